The van der Waals surface area contributed by atoms with Crippen molar-refractivity contribution < 1.29 is 24.0 Å². The van der Waals surface area contributed by atoms with Crippen molar-refractivity contribution in [1.29, 1.82) is 0 Å². The first-order valence-electron chi connectivity index (χ1n) is 9.39. The quantitative estimate of drug-likeness (QED) is 0.315. The number of hydrogen-bond acceptors (Lipinski definition) is 6. The highest BCUT2D eigenvalue weighted by Gasteiger charge is 2.18. The minimum Gasteiger partial charge on any atom is -0.494 e. The number of aryl methyl sites for hydroxylation is 1. The number of nitro groups is 1. The molecule has 0 unspecified atom stereocenters. The van der Waals surface area contributed by atoms with Crippen molar-refractivity contribution in [2.24, 2.45) is 0 Å². The highest BCUT2D eigenvalue weighted by molar-refractivity contribution is 5.95. The van der Waals surface area contributed by atoms with Crippen molar-refractivity contribution in [3.05, 3.63) is 64.3 Å². The van der Waals surface area contributed by atoms with Gasteiger partial charge >= 0.3 is 5.97 Å². The Bertz CT molecular complexity index is 1080. The molecule has 0 aliphatic carbocycles. The largest absolute Gasteiger partial charge is 0.494 e. The molecule has 156 valence electrons. The first-order valence-corrected chi connectivity index (χ1v) is 9.39. The number of carbonyl (C=O) groups is 2. The molecular formula is C21H21N3O6. The number of fused-ring (bicyclic) bond motifs is 1. The van der Waals surface area contributed by atoms with E-state index in [0.29, 0.717) is 18.8 Å². The first kappa shape index (κ1) is 20.8. The first-order chi connectivity index (χ1) is 14.5. The van der Waals surface area contributed by atoms with E-state index < -0.39 is 23.4 Å². The number of hydrogen-bond donors (Lipinski definition) is 2. The van der Waals surface area contributed by atoms with Crippen molar-refractivity contribution in [2.75, 3.05) is 18.5 Å². The fourth-order valence-corrected chi connectivity index (χ4v) is 3.00. The molecule has 1 aromatic heterocycles. The third-order valence-corrected chi connectivity index (χ3v) is 4.39. The number of H-pyrrole nitrogens is 1. The van der Waals surface area contributed by atoms with E-state index in [-0.39, 0.29) is 17.8 Å². The Balaban J connectivity index is 1.51. The summed E-state index contributed by atoms with van der Waals surface area (Å²) in [5, 5.41) is 14.7. The maximum atomic E-state index is 12.1. The van der Waals surface area contributed by atoms with Gasteiger partial charge in [-0.05, 0) is 37.1 Å². The number of para-hydroxylation sites is 1. The van der Waals surface area contributed by atoms with Gasteiger partial charge in [0.25, 0.3) is 11.6 Å². The molecule has 0 saturated carbocycles. The van der Waals surface area contributed by atoms with Crippen LogP contribution in [0.3, 0.4) is 0 Å². The predicted octanol–water partition coefficient (Wildman–Crippen LogP) is 3.59. The predicted molar refractivity (Wildman–Crippen MR) is 110 cm³/mol. The number of benzene rings is 2. The Hall–Kier alpha value is -3.88. The van der Waals surface area contributed by atoms with Crippen LogP contribution in [0.15, 0.2) is 48.7 Å². The molecule has 0 aliphatic rings. The number of nitrogens with one attached hydrogen (secondary N) is 2. The van der Waals surface area contributed by atoms with Crippen LogP contribution in [0.25, 0.3) is 10.9 Å². The number of amides is 1. The molecule has 30 heavy (non-hydrogen) atoms. The standard InChI is InChI=1S/C21H21N3O6/c1-2-29-15-8-9-18(19(11-15)24(27)28)23-20(25)13-30-21(26)10-7-14-12-22-17-6-4-3-5-16(14)17/h3-6,8-9,11-12,22H,2,7,10,13H2,1H3,(H,23,25). The average molecular weight is 411 g/mol. The second kappa shape index (κ2) is 9.55. The van der Waals surface area contributed by atoms with Crippen molar-refractivity contribution in [2.45, 2.75) is 19.8 Å². The normalized spacial score (nSPS) is 10.6. The highest BCUT2D eigenvalue weighted by Crippen LogP contribution is 2.29. The van der Waals surface area contributed by atoms with Gasteiger partial charge in [-0.25, -0.2) is 0 Å². The molecule has 0 radical (unpaired) electrons. The van der Waals surface area contributed by atoms with Gasteiger partial charge in [-0.3, -0.25) is 19.7 Å². The van der Waals surface area contributed by atoms with Gasteiger partial charge in [0.2, 0.25) is 0 Å². The third-order valence-electron chi connectivity index (χ3n) is 4.39. The van der Waals surface area contributed by atoms with Crippen LogP contribution in [-0.4, -0.2) is 35.0 Å². The van der Waals surface area contributed by atoms with E-state index >= 15 is 0 Å². The minimum absolute atomic E-state index is 0.00305. The second-order valence-corrected chi connectivity index (χ2v) is 6.44. The zero-order valence-electron chi connectivity index (χ0n) is 16.3. The summed E-state index contributed by atoms with van der Waals surface area (Å²) in [6.07, 6.45) is 2.42. The van der Waals surface area contributed by atoms with Crippen molar-refractivity contribution in [3.8, 4) is 5.75 Å². The van der Waals surface area contributed by atoms with Crippen LogP contribution < -0.4 is 10.1 Å². The van der Waals surface area contributed by atoms with Gasteiger partial charge in [-0.2, -0.15) is 0 Å². The fourth-order valence-electron chi connectivity index (χ4n) is 3.00. The molecule has 0 spiro atoms. The summed E-state index contributed by atoms with van der Waals surface area (Å²) in [4.78, 5) is 37.8. The van der Waals surface area contributed by atoms with Gasteiger partial charge in [0.05, 0.1) is 17.6 Å². The number of nitrogens with zero attached hydrogens (tertiary/aromatic N) is 1. The Kier molecular flexibility index (Phi) is 6.63. The van der Waals surface area contributed by atoms with Gasteiger partial charge in [0, 0.05) is 23.5 Å². The molecular weight excluding hydrogens is 390 g/mol. The molecule has 1 amide bonds. The van der Waals surface area contributed by atoms with Crippen LogP contribution >= 0.6 is 0 Å². The Morgan fingerprint density at radius 1 is 1.20 bits per heavy atom. The molecule has 3 aromatic rings. The molecule has 0 atom stereocenters. The lowest BCUT2D eigenvalue weighted by Crippen LogP contribution is -2.21. The minimum atomic E-state index is -0.664. The van der Waals surface area contributed by atoms with Crippen LogP contribution in [0.2, 0.25) is 0 Å². The Morgan fingerprint density at radius 3 is 2.77 bits per heavy atom. The monoisotopic (exact) mass is 411 g/mol. The second-order valence-electron chi connectivity index (χ2n) is 6.44. The number of aromatic nitrogens is 1. The van der Waals surface area contributed by atoms with Crippen molar-refractivity contribution in [1.82, 2.24) is 4.98 Å². The molecule has 3 rings (SSSR count). The van der Waals surface area contributed by atoms with Crippen LogP contribution in [0.5, 0.6) is 5.75 Å². The number of aromatic amines is 1. The number of ether oxygens (including phenoxy) is 2. The zero-order chi connectivity index (χ0) is 21.5. The summed E-state index contributed by atoms with van der Waals surface area (Å²) in [7, 11) is 0. The number of nitro benzene ring substituents is 1. The molecule has 2 N–H and O–H groups in total. The van der Waals surface area contributed by atoms with Crippen LogP contribution in [-0.2, 0) is 20.7 Å². The van der Waals surface area contributed by atoms with E-state index in [1.807, 2.05) is 30.5 Å². The zero-order valence-corrected chi connectivity index (χ0v) is 16.3. The number of anilines is 1. The van der Waals surface area contributed by atoms with Crippen LogP contribution in [0, 0.1) is 10.1 Å². The Morgan fingerprint density at radius 2 is 2.00 bits per heavy atom. The number of rotatable bonds is 9. The van der Waals surface area contributed by atoms with E-state index in [0.717, 1.165) is 16.5 Å². The van der Waals surface area contributed by atoms with Gasteiger partial charge in [0.15, 0.2) is 6.61 Å². The smallest absolute Gasteiger partial charge is 0.306 e. The summed E-state index contributed by atoms with van der Waals surface area (Å²) >= 11 is 0. The van der Waals surface area contributed by atoms with Crippen LogP contribution in [0.4, 0.5) is 11.4 Å². The molecule has 0 aliphatic heterocycles. The summed E-state index contributed by atoms with van der Waals surface area (Å²) < 4.78 is 10.2. The molecule has 9 nitrogen and oxygen atoms in total. The van der Waals surface area contributed by atoms with Gasteiger partial charge in [0.1, 0.15) is 11.4 Å². The molecule has 1 heterocycles. The lowest BCUT2D eigenvalue weighted by Gasteiger charge is -2.09. The maximum absolute atomic E-state index is 12.1. The summed E-state index contributed by atoms with van der Waals surface area (Å²) in [5.41, 5.74) is 1.66. The number of carbonyl (C=O) groups excluding carboxylic acids is 2. The number of esters is 1. The van der Waals surface area contributed by atoms with Gasteiger partial charge in [-0.15, -0.1) is 0 Å². The molecule has 0 fully saturated rings. The van der Waals surface area contributed by atoms with Crippen LogP contribution in [0.1, 0.15) is 18.9 Å². The Labute approximate surface area is 172 Å². The molecule has 2 aromatic carbocycles. The SMILES string of the molecule is CCOc1ccc(NC(=O)COC(=O)CCc2c[nH]c3ccccc23)c([N+](=O)[O-])c1. The molecule has 0 saturated heterocycles. The van der Waals surface area contributed by atoms with Crippen molar-refractivity contribution in [3.63, 3.8) is 0 Å². The lowest BCUT2D eigenvalue weighted by molar-refractivity contribution is -0.384. The van der Waals surface area contributed by atoms with E-state index in [9.17, 15) is 19.7 Å². The van der Waals surface area contributed by atoms with Gasteiger partial charge in [-0.1, -0.05) is 18.2 Å². The fraction of sp³-hybridized carbons (Fsp3) is 0.238. The molecule has 9 heteroatoms. The summed E-state index contributed by atoms with van der Waals surface area (Å²) in [5.74, 6) is -0.870. The van der Waals surface area contributed by atoms with Gasteiger partial charge < -0.3 is 19.8 Å². The maximum Gasteiger partial charge on any atom is 0.306 e. The van der Waals surface area contributed by atoms with E-state index in [2.05, 4.69) is 10.3 Å². The highest BCUT2D eigenvalue weighted by atomic mass is 16.6. The topological polar surface area (TPSA) is 124 Å². The van der Waals surface area contributed by atoms with E-state index in [1.54, 1.807) is 6.92 Å². The summed E-state index contributed by atoms with van der Waals surface area (Å²) in [6, 6.07) is 11.9. The van der Waals surface area contributed by atoms with Crippen molar-refractivity contribution >= 4 is 34.2 Å². The third kappa shape index (κ3) is 5.13. The summed E-state index contributed by atoms with van der Waals surface area (Å²) in [6.45, 7) is 1.59. The lowest BCUT2D eigenvalue weighted by atomic mass is 10.1. The van der Waals surface area contributed by atoms with E-state index in [1.165, 1.54) is 18.2 Å². The average Bonchev–Trinajstić information content (AvgIpc) is 3.15. The van der Waals surface area contributed by atoms with E-state index in [4.69, 9.17) is 9.47 Å². The molecule has 0 bridgehead atoms.